The van der Waals surface area contributed by atoms with E-state index < -0.39 is 0 Å². The van der Waals surface area contributed by atoms with Crippen molar-refractivity contribution in [2.24, 2.45) is 5.73 Å². The first-order valence-corrected chi connectivity index (χ1v) is 6.18. The Bertz CT molecular complexity index is 516. The van der Waals surface area contributed by atoms with Gasteiger partial charge in [-0.15, -0.1) is 0 Å². The van der Waals surface area contributed by atoms with Gasteiger partial charge >= 0.3 is 0 Å². The summed E-state index contributed by atoms with van der Waals surface area (Å²) in [6.45, 7) is 2.91. The lowest BCUT2D eigenvalue weighted by atomic mass is 10.0. The molecule has 2 N–H and O–H groups in total. The molecule has 0 saturated carbocycles. The molecule has 1 aromatic heterocycles. The first-order chi connectivity index (χ1) is 8.63. The van der Waals surface area contributed by atoms with Gasteiger partial charge in [0.25, 0.3) is 0 Å². The van der Waals surface area contributed by atoms with Crippen molar-refractivity contribution in [3.05, 3.63) is 47.8 Å². The van der Waals surface area contributed by atoms with Crippen molar-refractivity contribution in [3.8, 4) is 0 Å². The monoisotopic (exact) mass is 244 g/mol. The largest absolute Gasteiger partial charge is 0.378 e. The molecule has 0 radical (unpaired) electrons. The van der Waals surface area contributed by atoms with E-state index in [1.54, 1.807) is 6.20 Å². The summed E-state index contributed by atoms with van der Waals surface area (Å²) in [6, 6.07) is 10.1. The van der Waals surface area contributed by atoms with Crippen LogP contribution in [0.4, 0.5) is 5.69 Å². The van der Waals surface area contributed by atoms with Gasteiger partial charge in [0.15, 0.2) is 0 Å². The predicted octanol–water partition coefficient (Wildman–Crippen LogP) is 2.02. The Labute approximate surface area is 108 Å². The maximum atomic E-state index is 6.33. The molecule has 0 aliphatic carbocycles. The van der Waals surface area contributed by atoms with E-state index in [4.69, 9.17) is 5.73 Å². The lowest BCUT2D eigenvalue weighted by Crippen LogP contribution is -2.18. The molecule has 2 aromatic rings. The van der Waals surface area contributed by atoms with Crippen LogP contribution >= 0.6 is 0 Å². The summed E-state index contributed by atoms with van der Waals surface area (Å²) in [5.41, 5.74) is 9.64. The number of aromatic nitrogens is 2. The summed E-state index contributed by atoms with van der Waals surface area (Å²) in [5.74, 6) is 0. The van der Waals surface area contributed by atoms with Crippen molar-refractivity contribution >= 4 is 5.69 Å². The third-order valence-electron chi connectivity index (χ3n) is 3.11. The van der Waals surface area contributed by atoms with Crippen LogP contribution in [0.2, 0.25) is 0 Å². The fourth-order valence-corrected chi connectivity index (χ4v) is 2.04. The second-order valence-electron chi connectivity index (χ2n) is 4.54. The minimum atomic E-state index is -0.132. The van der Waals surface area contributed by atoms with Crippen molar-refractivity contribution in [3.63, 3.8) is 0 Å². The van der Waals surface area contributed by atoms with Crippen LogP contribution in [0.3, 0.4) is 0 Å². The van der Waals surface area contributed by atoms with Gasteiger partial charge in [-0.2, -0.15) is 5.10 Å². The van der Waals surface area contributed by atoms with Gasteiger partial charge in [-0.05, 0) is 30.7 Å². The Morgan fingerprint density at radius 3 is 2.78 bits per heavy atom. The van der Waals surface area contributed by atoms with Crippen LogP contribution < -0.4 is 10.6 Å². The van der Waals surface area contributed by atoms with Crippen LogP contribution in [0.5, 0.6) is 0 Å². The molecule has 1 aromatic carbocycles. The van der Waals surface area contributed by atoms with Gasteiger partial charge in [0.2, 0.25) is 0 Å². The van der Waals surface area contributed by atoms with Gasteiger partial charge in [-0.3, -0.25) is 4.68 Å². The zero-order chi connectivity index (χ0) is 13.1. The van der Waals surface area contributed by atoms with E-state index in [2.05, 4.69) is 35.1 Å². The summed E-state index contributed by atoms with van der Waals surface area (Å²) < 4.78 is 1.94. The van der Waals surface area contributed by atoms with E-state index in [-0.39, 0.29) is 6.04 Å². The smallest absolute Gasteiger partial charge is 0.0724 e. The van der Waals surface area contributed by atoms with Gasteiger partial charge in [-0.1, -0.05) is 12.1 Å². The molecule has 0 saturated heterocycles. The molecule has 4 nitrogen and oxygen atoms in total. The molecule has 1 heterocycles. The second-order valence-corrected chi connectivity index (χ2v) is 4.54. The molecule has 96 valence electrons. The van der Waals surface area contributed by atoms with E-state index in [0.29, 0.717) is 0 Å². The maximum absolute atomic E-state index is 6.33. The molecular weight excluding hydrogens is 224 g/mol. The molecule has 0 fully saturated rings. The SMILES string of the molecule is CCn1nccc1C(N)c1cccc(N(C)C)c1. The van der Waals surface area contributed by atoms with E-state index in [9.17, 15) is 0 Å². The normalized spacial score (nSPS) is 12.4. The quantitative estimate of drug-likeness (QED) is 0.895. The second kappa shape index (κ2) is 5.23. The molecule has 0 bridgehead atoms. The number of benzene rings is 1. The minimum absolute atomic E-state index is 0.132. The molecule has 0 aliphatic heterocycles. The Balaban J connectivity index is 2.34. The molecule has 0 aliphatic rings. The summed E-state index contributed by atoms with van der Waals surface area (Å²) in [7, 11) is 4.06. The lowest BCUT2D eigenvalue weighted by Gasteiger charge is -2.17. The van der Waals surface area contributed by atoms with Crippen molar-refractivity contribution in [1.82, 2.24) is 9.78 Å². The minimum Gasteiger partial charge on any atom is -0.378 e. The van der Waals surface area contributed by atoms with E-state index in [0.717, 1.165) is 23.5 Å². The summed E-state index contributed by atoms with van der Waals surface area (Å²) in [5, 5.41) is 4.27. The van der Waals surface area contributed by atoms with Crippen LogP contribution in [0, 0.1) is 0 Å². The third kappa shape index (κ3) is 2.38. The van der Waals surface area contributed by atoms with Gasteiger partial charge in [0, 0.05) is 32.5 Å². The highest BCUT2D eigenvalue weighted by atomic mass is 15.3. The fourth-order valence-electron chi connectivity index (χ4n) is 2.04. The number of nitrogens with zero attached hydrogens (tertiary/aromatic N) is 3. The van der Waals surface area contributed by atoms with Crippen molar-refractivity contribution in [1.29, 1.82) is 0 Å². The van der Waals surface area contributed by atoms with Crippen LogP contribution in [-0.4, -0.2) is 23.9 Å². The topological polar surface area (TPSA) is 47.1 Å². The first-order valence-electron chi connectivity index (χ1n) is 6.18. The fraction of sp³-hybridized carbons (Fsp3) is 0.357. The van der Waals surface area contributed by atoms with Gasteiger partial charge in [0.05, 0.1) is 11.7 Å². The summed E-state index contributed by atoms with van der Waals surface area (Å²) in [6.07, 6.45) is 1.80. The van der Waals surface area contributed by atoms with Crippen LogP contribution in [0.1, 0.15) is 24.2 Å². The number of aryl methyl sites for hydroxylation is 1. The van der Waals surface area contributed by atoms with Gasteiger partial charge in [-0.25, -0.2) is 0 Å². The van der Waals surface area contributed by atoms with Crippen LogP contribution in [0.25, 0.3) is 0 Å². The summed E-state index contributed by atoms with van der Waals surface area (Å²) in [4.78, 5) is 2.08. The maximum Gasteiger partial charge on any atom is 0.0724 e. The zero-order valence-corrected chi connectivity index (χ0v) is 11.2. The molecule has 18 heavy (non-hydrogen) atoms. The zero-order valence-electron chi connectivity index (χ0n) is 11.2. The highest BCUT2D eigenvalue weighted by molar-refractivity contribution is 5.48. The number of hydrogen-bond acceptors (Lipinski definition) is 3. The average Bonchev–Trinajstić information content (AvgIpc) is 2.86. The molecular formula is C14H20N4. The van der Waals surface area contributed by atoms with Crippen molar-refractivity contribution < 1.29 is 0 Å². The number of nitrogens with two attached hydrogens (primary N) is 1. The van der Waals surface area contributed by atoms with Crippen molar-refractivity contribution in [2.75, 3.05) is 19.0 Å². The molecule has 4 heteroatoms. The van der Waals surface area contributed by atoms with E-state index in [1.807, 2.05) is 30.9 Å². The predicted molar refractivity (Wildman–Crippen MR) is 74.7 cm³/mol. The first kappa shape index (κ1) is 12.6. The number of anilines is 1. The summed E-state index contributed by atoms with van der Waals surface area (Å²) >= 11 is 0. The van der Waals surface area contributed by atoms with E-state index >= 15 is 0 Å². The number of hydrogen-bond donors (Lipinski definition) is 1. The Hall–Kier alpha value is -1.81. The van der Waals surface area contributed by atoms with Gasteiger partial charge < -0.3 is 10.6 Å². The van der Waals surface area contributed by atoms with Crippen LogP contribution in [0.15, 0.2) is 36.5 Å². The molecule has 2 rings (SSSR count). The molecule has 1 atom stereocenters. The Morgan fingerprint density at radius 1 is 1.33 bits per heavy atom. The van der Waals surface area contributed by atoms with E-state index in [1.165, 1.54) is 0 Å². The van der Waals surface area contributed by atoms with Gasteiger partial charge in [0.1, 0.15) is 0 Å². The number of rotatable bonds is 4. The average molecular weight is 244 g/mol. The molecule has 0 amide bonds. The Kier molecular flexibility index (Phi) is 3.67. The Morgan fingerprint density at radius 2 is 2.11 bits per heavy atom. The molecule has 1 unspecified atom stereocenters. The standard InChI is InChI=1S/C14H20N4/c1-4-18-13(8-9-16-18)14(15)11-6-5-7-12(10-11)17(2)3/h5-10,14H,4,15H2,1-3H3. The third-order valence-corrected chi connectivity index (χ3v) is 3.11. The molecule has 0 spiro atoms. The highest BCUT2D eigenvalue weighted by Crippen LogP contribution is 2.23. The lowest BCUT2D eigenvalue weighted by molar-refractivity contribution is 0.601. The van der Waals surface area contributed by atoms with Crippen molar-refractivity contribution in [2.45, 2.75) is 19.5 Å². The van der Waals surface area contributed by atoms with Crippen LogP contribution in [-0.2, 0) is 6.54 Å². The highest BCUT2D eigenvalue weighted by Gasteiger charge is 2.13.